The zero-order valence-corrected chi connectivity index (χ0v) is 14.6. The fourth-order valence-electron chi connectivity index (χ4n) is 3.61. The van der Waals surface area contributed by atoms with Crippen LogP contribution in [0.3, 0.4) is 0 Å². The fourth-order valence-corrected chi connectivity index (χ4v) is 3.61. The number of rotatable bonds is 2. The van der Waals surface area contributed by atoms with Crippen LogP contribution >= 0.6 is 24.8 Å². The van der Waals surface area contributed by atoms with Crippen LogP contribution in [0.5, 0.6) is 0 Å². The molecular formula is C15H26Cl2N4O. The lowest BCUT2D eigenvalue weighted by Gasteiger charge is -2.34. The van der Waals surface area contributed by atoms with Crippen molar-refractivity contribution in [3.63, 3.8) is 0 Å². The molecule has 1 amide bonds. The topological polar surface area (TPSA) is 64.2 Å². The van der Waals surface area contributed by atoms with Crippen LogP contribution in [0.1, 0.15) is 43.6 Å². The van der Waals surface area contributed by atoms with Gasteiger partial charge in [-0.05, 0) is 37.2 Å². The molecule has 2 unspecified atom stereocenters. The monoisotopic (exact) mass is 348 g/mol. The summed E-state index contributed by atoms with van der Waals surface area (Å²) < 4.78 is 1.85. The summed E-state index contributed by atoms with van der Waals surface area (Å²) in [6.45, 7) is 1.73. The van der Waals surface area contributed by atoms with Gasteiger partial charge in [0.1, 0.15) is 0 Å². The molecule has 2 heterocycles. The largest absolute Gasteiger partial charge is 0.342 e. The van der Waals surface area contributed by atoms with E-state index in [1.54, 1.807) is 0 Å². The Morgan fingerprint density at radius 2 is 1.91 bits per heavy atom. The minimum Gasteiger partial charge on any atom is -0.342 e. The van der Waals surface area contributed by atoms with E-state index in [4.69, 9.17) is 5.73 Å². The molecule has 2 N–H and O–H groups in total. The third-order valence-corrected chi connectivity index (χ3v) is 4.89. The Labute approximate surface area is 144 Å². The molecule has 1 aromatic heterocycles. The number of carbonyl (C=O) groups is 1. The second kappa shape index (κ2) is 8.18. The Morgan fingerprint density at radius 3 is 2.41 bits per heavy atom. The minimum absolute atomic E-state index is 0. The Hall–Kier alpha value is -0.780. The van der Waals surface area contributed by atoms with Crippen molar-refractivity contribution in [3.05, 3.63) is 18.0 Å². The van der Waals surface area contributed by atoms with E-state index in [0.29, 0.717) is 11.8 Å². The third kappa shape index (κ3) is 3.94. The van der Waals surface area contributed by atoms with E-state index in [-0.39, 0.29) is 36.8 Å². The number of amides is 1. The van der Waals surface area contributed by atoms with Gasteiger partial charge in [-0.15, -0.1) is 24.8 Å². The fraction of sp³-hybridized carbons (Fsp3) is 0.733. The highest BCUT2D eigenvalue weighted by atomic mass is 35.5. The molecule has 126 valence electrons. The highest BCUT2D eigenvalue weighted by Gasteiger charge is 2.34. The van der Waals surface area contributed by atoms with E-state index in [9.17, 15) is 4.79 Å². The predicted octanol–water partition coefficient (Wildman–Crippen LogP) is 2.10. The molecule has 0 radical (unpaired) electrons. The Morgan fingerprint density at radius 1 is 1.23 bits per heavy atom. The third-order valence-electron chi connectivity index (χ3n) is 4.89. The van der Waals surface area contributed by atoms with Gasteiger partial charge in [-0.25, -0.2) is 0 Å². The molecule has 7 heteroatoms. The van der Waals surface area contributed by atoms with Crippen LogP contribution in [0.2, 0.25) is 0 Å². The summed E-state index contributed by atoms with van der Waals surface area (Å²) in [5, 5.41) is 4.24. The maximum absolute atomic E-state index is 12.5. The quantitative estimate of drug-likeness (QED) is 0.889. The summed E-state index contributed by atoms with van der Waals surface area (Å²) >= 11 is 0. The molecule has 3 rings (SSSR count). The number of hydrogen-bond acceptors (Lipinski definition) is 3. The molecule has 0 aromatic carbocycles. The van der Waals surface area contributed by atoms with Crippen molar-refractivity contribution >= 4 is 30.7 Å². The van der Waals surface area contributed by atoms with Crippen molar-refractivity contribution in [2.24, 2.45) is 18.7 Å². The maximum Gasteiger partial charge on any atom is 0.227 e. The molecule has 2 atom stereocenters. The second-order valence-electron chi connectivity index (χ2n) is 6.25. The summed E-state index contributed by atoms with van der Waals surface area (Å²) in [6.07, 6.45) is 9.21. The number of likely N-dealkylation sites (tertiary alicyclic amines) is 1. The smallest absolute Gasteiger partial charge is 0.227 e. The summed E-state index contributed by atoms with van der Waals surface area (Å²) in [6, 6.07) is 0.0820. The Kier molecular flexibility index (Phi) is 7.16. The number of nitrogens with two attached hydrogens (primary N) is 1. The lowest BCUT2D eigenvalue weighted by Crippen LogP contribution is -2.45. The lowest BCUT2D eigenvalue weighted by molar-refractivity contribution is -0.136. The van der Waals surface area contributed by atoms with Gasteiger partial charge < -0.3 is 10.6 Å². The van der Waals surface area contributed by atoms with Crippen LogP contribution in [0.15, 0.2) is 12.4 Å². The maximum atomic E-state index is 12.5. The molecule has 1 aliphatic heterocycles. The highest BCUT2D eigenvalue weighted by Crippen LogP contribution is 2.31. The standard InChI is InChI=1S/C15H24N4O.2ClH/c1-18-10-12(9-17-18)11-5-7-19(8-6-11)15(20)13-3-2-4-14(13)16;;/h9-11,13-14H,2-8,16H2,1H3;2*1H. The van der Waals surface area contributed by atoms with Gasteiger partial charge >= 0.3 is 0 Å². The number of aryl methyl sites for hydroxylation is 1. The van der Waals surface area contributed by atoms with E-state index in [1.807, 2.05) is 22.8 Å². The Balaban J connectivity index is 0.00000121. The van der Waals surface area contributed by atoms with Gasteiger partial charge in [0.05, 0.1) is 12.1 Å². The summed E-state index contributed by atoms with van der Waals surface area (Å²) in [4.78, 5) is 14.5. The lowest BCUT2D eigenvalue weighted by atomic mass is 9.90. The van der Waals surface area contributed by atoms with Crippen LogP contribution in [-0.4, -0.2) is 39.7 Å². The van der Waals surface area contributed by atoms with Crippen molar-refractivity contribution in [1.29, 1.82) is 0 Å². The van der Waals surface area contributed by atoms with Gasteiger partial charge in [-0.1, -0.05) is 6.42 Å². The SMILES string of the molecule is Cl.Cl.Cn1cc(C2CCN(C(=O)C3CCCC3N)CC2)cn1. The normalized spacial score (nSPS) is 25.5. The number of aromatic nitrogens is 2. The molecule has 1 aliphatic carbocycles. The average Bonchev–Trinajstić information content (AvgIpc) is 3.07. The number of hydrogen-bond donors (Lipinski definition) is 1. The zero-order valence-electron chi connectivity index (χ0n) is 13.0. The van der Waals surface area contributed by atoms with Crippen LogP contribution < -0.4 is 5.73 Å². The van der Waals surface area contributed by atoms with Crippen LogP contribution in [0.4, 0.5) is 0 Å². The predicted molar refractivity (Wildman–Crippen MR) is 91.6 cm³/mol. The van der Waals surface area contributed by atoms with E-state index in [0.717, 1.165) is 45.2 Å². The van der Waals surface area contributed by atoms with E-state index in [1.165, 1.54) is 5.56 Å². The van der Waals surface area contributed by atoms with Gasteiger partial charge in [0.25, 0.3) is 0 Å². The zero-order chi connectivity index (χ0) is 14.1. The van der Waals surface area contributed by atoms with Crippen LogP contribution in [0.25, 0.3) is 0 Å². The number of carbonyl (C=O) groups excluding carboxylic acids is 1. The van der Waals surface area contributed by atoms with Crippen molar-refractivity contribution in [2.45, 2.75) is 44.1 Å². The highest BCUT2D eigenvalue weighted by molar-refractivity contribution is 5.85. The molecule has 2 fully saturated rings. The second-order valence-corrected chi connectivity index (χ2v) is 6.25. The molecule has 1 aromatic rings. The minimum atomic E-state index is 0. The molecule has 5 nitrogen and oxygen atoms in total. The first kappa shape index (κ1) is 19.3. The van der Waals surface area contributed by atoms with Gasteiger partial charge in [0, 0.05) is 32.4 Å². The molecule has 2 aliphatic rings. The molecule has 22 heavy (non-hydrogen) atoms. The first-order chi connectivity index (χ1) is 9.65. The van der Waals surface area contributed by atoms with E-state index in [2.05, 4.69) is 11.3 Å². The number of nitrogens with zero attached hydrogens (tertiary/aromatic N) is 3. The number of piperidine rings is 1. The molecular weight excluding hydrogens is 323 g/mol. The van der Waals surface area contributed by atoms with Gasteiger partial charge in [0.15, 0.2) is 0 Å². The van der Waals surface area contributed by atoms with Crippen LogP contribution in [-0.2, 0) is 11.8 Å². The Bertz CT molecular complexity index is 486. The molecule has 0 bridgehead atoms. The first-order valence-corrected chi connectivity index (χ1v) is 7.68. The molecule has 1 saturated carbocycles. The summed E-state index contributed by atoms with van der Waals surface area (Å²) in [7, 11) is 1.95. The van der Waals surface area contributed by atoms with E-state index < -0.39 is 0 Å². The van der Waals surface area contributed by atoms with Gasteiger partial charge in [0.2, 0.25) is 5.91 Å². The first-order valence-electron chi connectivity index (χ1n) is 7.68. The number of halogens is 2. The van der Waals surface area contributed by atoms with E-state index >= 15 is 0 Å². The van der Waals surface area contributed by atoms with Gasteiger partial charge in [-0.2, -0.15) is 5.10 Å². The average molecular weight is 349 g/mol. The summed E-state index contributed by atoms with van der Waals surface area (Å²) in [5.74, 6) is 0.912. The summed E-state index contributed by atoms with van der Waals surface area (Å²) in [5.41, 5.74) is 7.35. The van der Waals surface area contributed by atoms with Gasteiger partial charge in [-0.3, -0.25) is 9.48 Å². The van der Waals surface area contributed by atoms with Crippen molar-refractivity contribution in [3.8, 4) is 0 Å². The molecule has 0 spiro atoms. The van der Waals surface area contributed by atoms with Crippen molar-refractivity contribution in [2.75, 3.05) is 13.1 Å². The van der Waals surface area contributed by atoms with Crippen molar-refractivity contribution < 1.29 is 4.79 Å². The van der Waals surface area contributed by atoms with Crippen LogP contribution in [0, 0.1) is 5.92 Å². The van der Waals surface area contributed by atoms with Crippen molar-refractivity contribution in [1.82, 2.24) is 14.7 Å². The molecule has 1 saturated heterocycles.